The maximum atomic E-state index is 12.6. The lowest BCUT2D eigenvalue weighted by Gasteiger charge is -2.23. The van der Waals surface area contributed by atoms with E-state index in [9.17, 15) is 18.0 Å². The Hall–Kier alpha value is -1.93. The summed E-state index contributed by atoms with van der Waals surface area (Å²) in [5.74, 6) is -1.17. The van der Waals surface area contributed by atoms with E-state index in [2.05, 4.69) is 5.32 Å². The molecule has 0 aliphatic rings. The molecule has 1 aromatic carbocycles. The van der Waals surface area contributed by atoms with Crippen molar-refractivity contribution in [1.82, 2.24) is 9.62 Å². The topological polar surface area (TPSA) is 92.8 Å². The third kappa shape index (κ3) is 5.81. The van der Waals surface area contributed by atoms with E-state index in [0.717, 1.165) is 0 Å². The second-order valence-electron chi connectivity index (χ2n) is 6.90. The van der Waals surface area contributed by atoms with Crippen LogP contribution in [0.4, 0.5) is 0 Å². The molecule has 8 heteroatoms. The smallest absolute Gasteiger partial charge is 0.338 e. The van der Waals surface area contributed by atoms with E-state index >= 15 is 0 Å². The molecular formula is C18H28N2O5S. The zero-order valence-electron chi connectivity index (χ0n) is 16.2. The lowest BCUT2D eigenvalue weighted by molar-refractivity contribution is -0.130. The number of nitrogens with zero attached hydrogens (tertiary/aromatic N) is 1. The second-order valence-corrected chi connectivity index (χ2v) is 8.84. The number of carbonyl (C=O) groups excluding carboxylic acids is 2. The summed E-state index contributed by atoms with van der Waals surface area (Å²) in [5.41, 5.74) is -0.371. The van der Waals surface area contributed by atoms with Gasteiger partial charge < -0.3 is 10.1 Å². The molecule has 1 N–H and O–H groups in total. The predicted octanol–water partition coefficient (Wildman–Crippen LogP) is 2.18. The lowest BCUT2D eigenvalue weighted by Crippen LogP contribution is -2.46. The van der Waals surface area contributed by atoms with Crippen LogP contribution in [0.5, 0.6) is 0 Å². The first-order valence-corrected chi connectivity index (χ1v) is 9.99. The van der Waals surface area contributed by atoms with E-state index in [1.807, 2.05) is 20.8 Å². The van der Waals surface area contributed by atoms with Gasteiger partial charge in [0, 0.05) is 18.6 Å². The van der Waals surface area contributed by atoms with Gasteiger partial charge in [-0.25, -0.2) is 13.2 Å². The Morgan fingerprint density at radius 1 is 1.19 bits per heavy atom. The van der Waals surface area contributed by atoms with Crippen molar-refractivity contribution in [3.63, 3.8) is 0 Å². The molecule has 146 valence electrons. The standard InChI is InChI=1S/C18H28N2O5S/c1-7-20(8-2)26(23,24)15-11-9-10-14(12-15)17(22)25-13(3)16(21)19-18(4,5)6/h9-13H,7-8H2,1-6H3,(H,19,21). The molecule has 0 saturated carbocycles. The molecule has 0 radical (unpaired) electrons. The SMILES string of the molecule is CCN(CC)S(=O)(=O)c1cccc(C(=O)OC(C)C(=O)NC(C)(C)C)c1. The monoisotopic (exact) mass is 384 g/mol. The van der Waals surface area contributed by atoms with Crippen molar-refractivity contribution in [2.45, 2.75) is 58.1 Å². The van der Waals surface area contributed by atoms with Crippen LogP contribution < -0.4 is 5.32 Å². The fourth-order valence-electron chi connectivity index (χ4n) is 2.25. The largest absolute Gasteiger partial charge is 0.449 e. The Kier molecular flexibility index (Phi) is 7.35. The molecular weight excluding hydrogens is 356 g/mol. The van der Waals surface area contributed by atoms with Crippen LogP contribution >= 0.6 is 0 Å². The number of hydrogen-bond acceptors (Lipinski definition) is 5. The van der Waals surface area contributed by atoms with Gasteiger partial charge in [-0.3, -0.25) is 4.79 Å². The number of esters is 1. The van der Waals surface area contributed by atoms with Crippen LogP contribution in [0.3, 0.4) is 0 Å². The molecule has 26 heavy (non-hydrogen) atoms. The number of sulfonamides is 1. The van der Waals surface area contributed by atoms with Gasteiger partial charge in [-0.2, -0.15) is 4.31 Å². The van der Waals surface area contributed by atoms with Gasteiger partial charge in [0.05, 0.1) is 10.5 Å². The zero-order valence-corrected chi connectivity index (χ0v) is 17.0. The minimum absolute atomic E-state index is 0.0162. The first kappa shape index (κ1) is 22.1. The lowest BCUT2D eigenvalue weighted by atomic mass is 10.1. The van der Waals surface area contributed by atoms with Crippen molar-refractivity contribution in [1.29, 1.82) is 0 Å². The Balaban J connectivity index is 2.97. The molecule has 1 unspecified atom stereocenters. The quantitative estimate of drug-likeness (QED) is 0.728. The van der Waals surface area contributed by atoms with Crippen LogP contribution in [-0.2, 0) is 19.6 Å². The molecule has 1 rings (SSSR count). The summed E-state index contributed by atoms with van der Waals surface area (Å²) in [6, 6.07) is 5.63. The van der Waals surface area contributed by atoms with Crippen LogP contribution in [0, 0.1) is 0 Å². The van der Waals surface area contributed by atoms with Gasteiger partial charge in [-0.15, -0.1) is 0 Å². The van der Waals surface area contributed by atoms with Crippen molar-refractivity contribution in [2.24, 2.45) is 0 Å². The summed E-state index contributed by atoms with van der Waals surface area (Å²) in [6.07, 6.45) is -0.996. The van der Waals surface area contributed by atoms with Crippen molar-refractivity contribution in [2.75, 3.05) is 13.1 Å². The highest BCUT2D eigenvalue weighted by molar-refractivity contribution is 7.89. The highest BCUT2D eigenvalue weighted by Crippen LogP contribution is 2.18. The van der Waals surface area contributed by atoms with Gasteiger partial charge in [-0.1, -0.05) is 19.9 Å². The van der Waals surface area contributed by atoms with E-state index in [-0.39, 0.29) is 10.5 Å². The summed E-state index contributed by atoms with van der Waals surface area (Å²) in [6.45, 7) is 11.1. The van der Waals surface area contributed by atoms with Crippen LogP contribution in [0.2, 0.25) is 0 Å². The average Bonchev–Trinajstić information content (AvgIpc) is 2.54. The minimum atomic E-state index is -3.68. The summed E-state index contributed by atoms with van der Waals surface area (Å²) < 4.78 is 31.6. The Bertz CT molecular complexity index is 749. The molecule has 0 fully saturated rings. The Morgan fingerprint density at radius 2 is 1.77 bits per heavy atom. The molecule has 0 aliphatic heterocycles. The maximum absolute atomic E-state index is 12.6. The van der Waals surface area contributed by atoms with Gasteiger partial charge in [0.25, 0.3) is 5.91 Å². The zero-order chi connectivity index (χ0) is 20.1. The number of amides is 1. The highest BCUT2D eigenvalue weighted by atomic mass is 32.2. The van der Waals surface area contributed by atoms with E-state index in [0.29, 0.717) is 13.1 Å². The number of ether oxygens (including phenoxy) is 1. The third-order valence-electron chi connectivity index (χ3n) is 3.56. The normalized spacial score (nSPS) is 13.3. The van der Waals surface area contributed by atoms with Gasteiger partial charge in [0.15, 0.2) is 6.10 Å². The Labute approximate surface area is 155 Å². The van der Waals surface area contributed by atoms with Crippen LogP contribution in [0.1, 0.15) is 51.9 Å². The second kappa shape index (κ2) is 8.64. The number of benzene rings is 1. The van der Waals surface area contributed by atoms with Crippen LogP contribution in [-0.4, -0.2) is 49.3 Å². The fraction of sp³-hybridized carbons (Fsp3) is 0.556. The minimum Gasteiger partial charge on any atom is -0.449 e. The van der Waals surface area contributed by atoms with Gasteiger partial charge in [0.2, 0.25) is 10.0 Å². The van der Waals surface area contributed by atoms with Crippen molar-refractivity contribution >= 4 is 21.9 Å². The highest BCUT2D eigenvalue weighted by Gasteiger charge is 2.25. The number of rotatable bonds is 7. The predicted molar refractivity (Wildman–Crippen MR) is 99.3 cm³/mol. The summed E-state index contributed by atoms with van der Waals surface area (Å²) in [4.78, 5) is 24.3. The molecule has 7 nitrogen and oxygen atoms in total. The summed E-state index contributed by atoms with van der Waals surface area (Å²) in [7, 11) is -3.68. The molecule has 0 aromatic heterocycles. The van der Waals surface area contributed by atoms with Crippen molar-refractivity contribution < 1.29 is 22.7 Å². The number of nitrogens with one attached hydrogen (secondary N) is 1. The fourth-order valence-corrected chi connectivity index (χ4v) is 3.75. The van der Waals surface area contributed by atoms with Crippen LogP contribution in [0.25, 0.3) is 0 Å². The Morgan fingerprint density at radius 3 is 2.27 bits per heavy atom. The molecule has 0 bridgehead atoms. The molecule has 0 aliphatic carbocycles. The van der Waals surface area contributed by atoms with Gasteiger partial charge in [0.1, 0.15) is 0 Å². The van der Waals surface area contributed by atoms with Gasteiger partial charge >= 0.3 is 5.97 Å². The van der Waals surface area contributed by atoms with Crippen molar-refractivity contribution in [3.8, 4) is 0 Å². The van der Waals surface area contributed by atoms with E-state index in [4.69, 9.17) is 4.74 Å². The van der Waals surface area contributed by atoms with Crippen LogP contribution in [0.15, 0.2) is 29.2 Å². The average molecular weight is 384 g/mol. The molecule has 0 heterocycles. The maximum Gasteiger partial charge on any atom is 0.338 e. The first-order valence-electron chi connectivity index (χ1n) is 8.55. The molecule has 0 saturated heterocycles. The molecule has 1 aromatic rings. The number of carbonyl (C=O) groups is 2. The first-order chi connectivity index (χ1) is 11.9. The van der Waals surface area contributed by atoms with Gasteiger partial charge in [-0.05, 0) is 45.9 Å². The van der Waals surface area contributed by atoms with E-state index < -0.39 is 33.5 Å². The number of hydrogen-bond donors (Lipinski definition) is 1. The van der Waals surface area contributed by atoms with E-state index in [1.165, 1.54) is 35.5 Å². The van der Waals surface area contributed by atoms with E-state index in [1.54, 1.807) is 13.8 Å². The summed E-state index contributed by atoms with van der Waals surface area (Å²) >= 11 is 0. The molecule has 1 amide bonds. The summed E-state index contributed by atoms with van der Waals surface area (Å²) in [5, 5.41) is 2.72. The molecule has 0 spiro atoms. The van der Waals surface area contributed by atoms with Crippen molar-refractivity contribution in [3.05, 3.63) is 29.8 Å². The third-order valence-corrected chi connectivity index (χ3v) is 5.61. The molecule has 1 atom stereocenters.